The van der Waals surface area contributed by atoms with E-state index in [2.05, 4.69) is 4.98 Å². The Kier molecular flexibility index (Phi) is 3.15. The van der Waals surface area contributed by atoms with E-state index < -0.39 is 11.4 Å². The van der Waals surface area contributed by atoms with Gasteiger partial charge in [0.15, 0.2) is 0 Å². The van der Waals surface area contributed by atoms with Gasteiger partial charge in [-0.1, -0.05) is 30.3 Å². The highest BCUT2D eigenvalue weighted by atomic mass is 16.4. The lowest BCUT2D eigenvalue weighted by atomic mass is 9.85. The third-order valence-electron chi connectivity index (χ3n) is 3.10. The van der Waals surface area contributed by atoms with E-state index in [4.69, 9.17) is 0 Å². The van der Waals surface area contributed by atoms with Crippen molar-refractivity contribution in [2.24, 2.45) is 0 Å². The van der Waals surface area contributed by atoms with E-state index in [1.165, 1.54) is 0 Å². The molecule has 0 atom stereocenters. The molecular weight excluding hydrogens is 226 g/mol. The zero-order chi connectivity index (χ0) is 13.2. The van der Waals surface area contributed by atoms with Gasteiger partial charge in [0, 0.05) is 18.0 Å². The van der Waals surface area contributed by atoms with Crippen LogP contribution < -0.4 is 0 Å². The average molecular weight is 241 g/mol. The molecule has 3 heteroatoms. The molecule has 0 saturated carbocycles. The minimum absolute atomic E-state index is 0.705. The van der Waals surface area contributed by atoms with Crippen LogP contribution in [-0.4, -0.2) is 16.1 Å². The average Bonchev–Trinajstić information content (AvgIpc) is 2.40. The number of rotatable bonds is 3. The maximum Gasteiger partial charge on any atom is 0.313 e. The molecule has 92 valence electrons. The Morgan fingerprint density at radius 1 is 1.11 bits per heavy atom. The maximum absolute atomic E-state index is 11.2. The lowest BCUT2D eigenvalue weighted by molar-refractivity contribution is -0.142. The van der Waals surface area contributed by atoms with Gasteiger partial charge < -0.3 is 5.11 Å². The Hall–Kier alpha value is -2.16. The van der Waals surface area contributed by atoms with E-state index in [-0.39, 0.29) is 0 Å². The van der Waals surface area contributed by atoms with Gasteiger partial charge in [-0.15, -0.1) is 0 Å². The maximum atomic E-state index is 11.2. The smallest absolute Gasteiger partial charge is 0.313 e. The lowest BCUT2D eigenvalue weighted by Crippen LogP contribution is -2.28. The quantitative estimate of drug-likeness (QED) is 0.898. The number of benzene rings is 1. The van der Waals surface area contributed by atoms with Crippen molar-refractivity contribution >= 4 is 5.97 Å². The van der Waals surface area contributed by atoms with Gasteiger partial charge in [-0.05, 0) is 31.0 Å². The van der Waals surface area contributed by atoms with Crippen LogP contribution in [0.3, 0.4) is 0 Å². The van der Waals surface area contributed by atoms with Gasteiger partial charge in [0.25, 0.3) is 0 Å². The van der Waals surface area contributed by atoms with Crippen LogP contribution in [0, 0.1) is 0 Å². The molecule has 0 aliphatic heterocycles. The summed E-state index contributed by atoms with van der Waals surface area (Å²) < 4.78 is 0. The summed E-state index contributed by atoms with van der Waals surface area (Å²) >= 11 is 0. The van der Waals surface area contributed by atoms with Crippen molar-refractivity contribution in [1.29, 1.82) is 0 Å². The summed E-state index contributed by atoms with van der Waals surface area (Å²) in [6.07, 6.45) is 3.36. The third kappa shape index (κ3) is 2.25. The SMILES string of the molecule is CC(C)(C(=O)O)c1cncc(-c2ccccc2)c1. The van der Waals surface area contributed by atoms with Crippen molar-refractivity contribution in [2.75, 3.05) is 0 Å². The van der Waals surface area contributed by atoms with Crippen LogP contribution in [0.1, 0.15) is 19.4 Å². The van der Waals surface area contributed by atoms with Gasteiger partial charge in [-0.2, -0.15) is 0 Å². The summed E-state index contributed by atoms with van der Waals surface area (Å²) in [6, 6.07) is 11.7. The standard InChI is InChI=1S/C15H15NO2/c1-15(2,14(17)18)13-8-12(9-16-10-13)11-6-4-3-5-7-11/h3-10H,1-2H3,(H,17,18). The summed E-state index contributed by atoms with van der Waals surface area (Å²) in [5, 5.41) is 9.23. The van der Waals surface area contributed by atoms with Crippen molar-refractivity contribution in [3.05, 3.63) is 54.4 Å². The molecule has 1 N–H and O–H groups in total. The first-order valence-corrected chi connectivity index (χ1v) is 5.76. The summed E-state index contributed by atoms with van der Waals surface area (Å²) in [5.41, 5.74) is 1.74. The number of aliphatic carboxylic acids is 1. The first-order valence-electron chi connectivity index (χ1n) is 5.76. The van der Waals surface area contributed by atoms with E-state index in [0.29, 0.717) is 5.56 Å². The number of carboxylic acids is 1. The molecule has 0 aliphatic rings. The molecule has 1 heterocycles. The van der Waals surface area contributed by atoms with Gasteiger partial charge >= 0.3 is 5.97 Å². The van der Waals surface area contributed by atoms with E-state index in [1.807, 2.05) is 36.4 Å². The van der Waals surface area contributed by atoms with E-state index in [0.717, 1.165) is 11.1 Å². The summed E-state index contributed by atoms with van der Waals surface area (Å²) in [7, 11) is 0. The Labute approximate surface area is 106 Å². The van der Waals surface area contributed by atoms with Crippen LogP contribution in [0.2, 0.25) is 0 Å². The zero-order valence-corrected chi connectivity index (χ0v) is 10.4. The van der Waals surface area contributed by atoms with Crippen molar-refractivity contribution in [1.82, 2.24) is 4.98 Å². The number of aromatic nitrogens is 1. The minimum Gasteiger partial charge on any atom is -0.481 e. The first-order chi connectivity index (χ1) is 8.51. The van der Waals surface area contributed by atoms with Crippen LogP contribution >= 0.6 is 0 Å². The fraction of sp³-hybridized carbons (Fsp3) is 0.200. The van der Waals surface area contributed by atoms with Crippen molar-refractivity contribution in [3.63, 3.8) is 0 Å². The summed E-state index contributed by atoms with van der Waals surface area (Å²) in [6.45, 7) is 3.36. The van der Waals surface area contributed by atoms with Gasteiger partial charge in [0.1, 0.15) is 0 Å². The molecule has 0 radical (unpaired) electrons. The lowest BCUT2D eigenvalue weighted by Gasteiger charge is -2.19. The van der Waals surface area contributed by atoms with Gasteiger partial charge in [0.05, 0.1) is 5.41 Å². The van der Waals surface area contributed by atoms with Crippen LogP contribution in [0.5, 0.6) is 0 Å². The number of hydrogen-bond donors (Lipinski definition) is 1. The Bertz CT molecular complexity index is 562. The fourth-order valence-corrected chi connectivity index (χ4v) is 1.69. The highest BCUT2D eigenvalue weighted by Crippen LogP contribution is 2.27. The van der Waals surface area contributed by atoms with E-state index in [1.54, 1.807) is 26.2 Å². The molecule has 0 saturated heterocycles. The monoisotopic (exact) mass is 241 g/mol. The first kappa shape index (κ1) is 12.3. The van der Waals surface area contributed by atoms with E-state index >= 15 is 0 Å². The highest BCUT2D eigenvalue weighted by molar-refractivity contribution is 5.80. The second kappa shape index (κ2) is 4.61. The second-order valence-corrected chi connectivity index (χ2v) is 4.76. The molecular formula is C15H15NO2. The predicted octanol–water partition coefficient (Wildman–Crippen LogP) is 3.11. The van der Waals surface area contributed by atoms with Crippen LogP contribution in [0.15, 0.2) is 48.8 Å². The number of nitrogens with zero attached hydrogens (tertiary/aromatic N) is 1. The molecule has 2 aromatic rings. The topological polar surface area (TPSA) is 50.2 Å². The molecule has 2 rings (SSSR count). The highest BCUT2D eigenvalue weighted by Gasteiger charge is 2.29. The molecule has 0 amide bonds. The number of hydrogen-bond acceptors (Lipinski definition) is 2. The Balaban J connectivity index is 2.46. The Morgan fingerprint density at radius 3 is 2.39 bits per heavy atom. The molecule has 0 bridgehead atoms. The molecule has 0 unspecified atom stereocenters. The number of pyridine rings is 1. The van der Waals surface area contributed by atoms with Crippen molar-refractivity contribution < 1.29 is 9.90 Å². The largest absolute Gasteiger partial charge is 0.481 e. The van der Waals surface area contributed by atoms with Crippen LogP contribution in [0.25, 0.3) is 11.1 Å². The molecule has 3 nitrogen and oxygen atoms in total. The summed E-state index contributed by atoms with van der Waals surface area (Å²) in [5.74, 6) is -0.852. The van der Waals surface area contributed by atoms with Crippen LogP contribution in [0.4, 0.5) is 0 Å². The van der Waals surface area contributed by atoms with Crippen molar-refractivity contribution in [3.8, 4) is 11.1 Å². The zero-order valence-electron chi connectivity index (χ0n) is 10.4. The van der Waals surface area contributed by atoms with Crippen molar-refractivity contribution in [2.45, 2.75) is 19.3 Å². The molecule has 1 aromatic carbocycles. The van der Waals surface area contributed by atoms with Gasteiger partial charge in [-0.25, -0.2) is 0 Å². The molecule has 18 heavy (non-hydrogen) atoms. The normalized spacial score (nSPS) is 11.2. The van der Waals surface area contributed by atoms with Gasteiger partial charge in [-0.3, -0.25) is 9.78 Å². The molecule has 0 aliphatic carbocycles. The predicted molar refractivity (Wildman–Crippen MR) is 70.3 cm³/mol. The second-order valence-electron chi connectivity index (χ2n) is 4.76. The van der Waals surface area contributed by atoms with Crippen LogP contribution in [-0.2, 0) is 10.2 Å². The minimum atomic E-state index is -0.933. The van der Waals surface area contributed by atoms with Gasteiger partial charge in [0.2, 0.25) is 0 Å². The summed E-state index contributed by atoms with van der Waals surface area (Å²) in [4.78, 5) is 15.4. The fourth-order valence-electron chi connectivity index (χ4n) is 1.69. The molecule has 1 aromatic heterocycles. The molecule has 0 spiro atoms. The number of carbonyl (C=O) groups is 1. The number of carboxylic acid groups (broad SMARTS) is 1. The molecule has 0 fully saturated rings. The third-order valence-corrected chi connectivity index (χ3v) is 3.10. The van der Waals surface area contributed by atoms with E-state index in [9.17, 15) is 9.90 Å². The Morgan fingerprint density at radius 2 is 1.78 bits per heavy atom.